The number of para-hydroxylation sites is 1. The molecule has 0 spiro atoms. The summed E-state index contributed by atoms with van der Waals surface area (Å²) in [6.45, 7) is 4.37. The minimum atomic E-state index is -0.0964. The van der Waals surface area contributed by atoms with Crippen molar-refractivity contribution in [3.05, 3.63) is 36.8 Å². The van der Waals surface area contributed by atoms with E-state index in [0.717, 1.165) is 12.8 Å². The Hall–Kier alpha value is -1.51. The molecule has 0 bridgehead atoms. The second kappa shape index (κ2) is 6.06. The molecule has 0 aliphatic heterocycles. The molecule has 1 amide bonds. The first-order valence-corrected chi connectivity index (χ1v) is 5.00. The molecule has 81 valence electrons. The van der Waals surface area contributed by atoms with Gasteiger partial charge in [-0.1, -0.05) is 25.5 Å². The van der Waals surface area contributed by atoms with Crippen LogP contribution in [0, 0.1) is 6.92 Å². The van der Waals surface area contributed by atoms with Crippen LogP contribution in [0.3, 0.4) is 0 Å². The highest BCUT2D eigenvalue weighted by Crippen LogP contribution is 2.16. The van der Waals surface area contributed by atoms with Crippen molar-refractivity contribution in [2.24, 2.45) is 0 Å². The molecule has 0 heterocycles. The van der Waals surface area contributed by atoms with Crippen LogP contribution in [0.25, 0.3) is 0 Å². The number of carbonyl (C=O) groups excluding carboxylic acids is 1. The quantitative estimate of drug-likeness (QED) is 0.749. The Bertz CT molecular complexity index is 323. The number of hydrogen-bond acceptors (Lipinski definition) is 2. The van der Waals surface area contributed by atoms with Gasteiger partial charge in [0, 0.05) is 6.54 Å². The Morgan fingerprint density at radius 2 is 2.20 bits per heavy atom. The van der Waals surface area contributed by atoms with Crippen molar-refractivity contribution >= 4 is 5.91 Å². The van der Waals surface area contributed by atoms with Crippen LogP contribution in [0.5, 0.6) is 5.75 Å². The van der Waals surface area contributed by atoms with Gasteiger partial charge in [-0.15, -0.1) is 0 Å². The van der Waals surface area contributed by atoms with E-state index in [4.69, 9.17) is 4.74 Å². The molecule has 1 aromatic carbocycles. The van der Waals surface area contributed by atoms with Crippen molar-refractivity contribution in [2.75, 3.05) is 13.7 Å². The average Bonchev–Trinajstić information content (AvgIpc) is 2.29. The summed E-state index contributed by atoms with van der Waals surface area (Å²) in [5, 5.41) is 2.82. The van der Waals surface area contributed by atoms with Gasteiger partial charge in [0.05, 0.1) is 12.7 Å². The predicted octanol–water partition coefficient (Wildman–Crippen LogP) is 2.04. The lowest BCUT2D eigenvalue weighted by atomic mass is 10.2. The molecular weight excluding hydrogens is 190 g/mol. The Balaban J connectivity index is 2.64. The third-order valence-electron chi connectivity index (χ3n) is 2.06. The largest absolute Gasteiger partial charge is 0.496 e. The Morgan fingerprint density at radius 3 is 2.87 bits per heavy atom. The van der Waals surface area contributed by atoms with Gasteiger partial charge in [-0.3, -0.25) is 4.79 Å². The Kier molecular flexibility index (Phi) is 4.68. The lowest BCUT2D eigenvalue weighted by molar-refractivity contribution is 0.0950. The van der Waals surface area contributed by atoms with Crippen molar-refractivity contribution in [3.63, 3.8) is 0 Å². The normalized spacial score (nSPS) is 9.73. The molecule has 0 atom stereocenters. The number of unbranched alkanes of at least 4 members (excludes halogenated alkanes) is 1. The van der Waals surface area contributed by atoms with Gasteiger partial charge >= 0.3 is 0 Å². The molecule has 0 aliphatic carbocycles. The molecule has 1 radical (unpaired) electrons. The lowest BCUT2D eigenvalue weighted by Gasteiger charge is -2.08. The third-order valence-corrected chi connectivity index (χ3v) is 2.06. The van der Waals surface area contributed by atoms with E-state index in [1.54, 1.807) is 19.2 Å². The topological polar surface area (TPSA) is 38.3 Å². The van der Waals surface area contributed by atoms with Crippen LogP contribution in [0.15, 0.2) is 24.3 Å². The molecule has 0 aromatic heterocycles. The number of carbonyl (C=O) groups is 1. The fourth-order valence-electron chi connectivity index (χ4n) is 1.25. The molecule has 0 saturated carbocycles. The first-order chi connectivity index (χ1) is 7.29. The average molecular weight is 206 g/mol. The maximum absolute atomic E-state index is 11.7. The van der Waals surface area contributed by atoms with Crippen LogP contribution in [0.4, 0.5) is 0 Å². The van der Waals surface area contributed by atoms with Gasteiger partial charge in [-0.2, -0.15) is 0 Å². The summed E-state index contributed by atoms with van der Waals surface area (Å²) in [6.07, 6.45) is 1.72. The Morgan fingerprint density at radius 1 is 1.47 bits per heavy atom. The lowest BCUT2D eigenvalue weighted by Crippen LogP contribution is -2.24. The molecule has 0 aliphatic rings. The molecule has 1 N–H and O–H groups in total. The number of ether oxygens (including phenoxy) is 1. The van der Waals surface area contributed by atoms with Gasteiger partial charge in [0.15, 0.2) is 0 Å². The van der Waals surface area contributed by atoms with Crippen molar-refractivity contribution in [2.45, 2.75) is 12.8 Å². The predicted molar refractivity (Wildman–Crippen MR) is 59.9 cm³/mol. The number of rotatable bonds is 5. The zero-order chi connectivity index (χ0) is 11.1. The number of nitrogens with one attached hydrogen (secondary N) is 1. The number of hydrogen-bond donors (Lipinski definition) is 1. The van der Waals surface area contributed by atoms with E-state index < -0.39 is 0 Å². The summed E-state index contributed by atoms with van der Waals surface area (Å²) in [7, 11) is 1.56. The van der Waals surface area contributed by atoms with Crippen molar-refractivity contribution in [3.8, 4) is 5.75 Å². The molecule has 0 fully saturated rings. The monoisotopic (exact) mass is 206 g/mol. The van der Waals surface area contributed by atoms with Crippen LogP contribution in [-0.2, 0) is 0 Å². The molecule has 1 rings (SSSR count). The van der Waals surface area contributed by atoms with Crippen molar-refractivity contribution < 1.29 is 9.53 Å². The van der Waals surface area contributed by atoms with E-state index in [2.05, 4.69) is 12.2 Å². The van der Waals surface area contributed by atoms with Gasteiger partial charge in [0.25, 0.3) is 5.91 Å². The van der Waals surface area contributed by atoms with Gasteiger partial charge in [-0.25, -0.2) is 0 Å². The highest BCUT2D eigenvalue weighted by Gasteiger charge is 2.09. The summed E-state index contributed by atoms with van der Waals surface area (Å²) < 4.78 is 5.10. The highest BCUT2D eigenvalue weighted by molar-refractivity contribution is 5.96. The minimum Gasteiger partial charge on any atom is -0.496 e. The molecule has 0 saturated heterocycles. The second-order valence-corrected chi connectivity index (χ2v) is 3.16. The summed E-state index contributed by atoms with van der Waals surface area (Å²) in [5.74, 6) is 0.505. The number of benzene rings is 1. The Labute approximate surface area is 90.4 Å². The van der Waals surface area contributed by atoms with Gasteiger partial charge in [0.2, 0.25) is 0 Å². The third kappa shape index (κ3) is 3.27. The maximum atomic E-state index is 11.7. The standard InChI is InChI=1S/C12H16NO2/c1-3-4-9-13-12(14)10-7-5-6-8-11(10)15-2/h5-8H,1,3-4,9H2,2H3,(H,13,14). The summed E-state index contributed by atoms with van der Waals surface area (Å²) in [5.41, 5.74) is 0.573. The van der Waals surface area contributed by atoms with Crippen LogP contribution in [0.1, 0.15) is 23.2 Å². The summed E-state index contributed by atoms with van der Waals surface area (Å²) >= 11 is 0. The van der Waals surface area contributed by atoms with E-state index in [-0.39, 0.29) is 5.91 Å². The van der Waals surface area contributed by atoms with E-state index in [1.165, 1.54) is 0 Å². The van der Waals surface area contributed by atoms with Gasteiger partial charge < -0.3 is 10.1 Å². The molecule has 3 nitrogen and oxygen atoms in total. The molecule has 3 heteroatoms. The fourth-order valence-corrected chi connectivity index (χ4v) is 1.25. The van der Waals surface area contributed by atoms with E-state index in [0.29, 0.717) is 17.9 Å². The molecule has 1 aromatic rings. The SMILES string of the molecule is [CH2]CCCNC(=O)c1ccccc1OC. The smallest absolute Gasteiger partial charge is 0.255 e. The molecular formula is C12H16NO2. The summed E-state index contributed by atoms with van der Waals surface area (Å²) in [6, 6.07) is 7.18. The second-order valence-electron chi connectivity index (χ2n) is 3.16. The summed E-state index contributed by atoms with van der Waals surface area (Å²) in [4.78, 5) is 11.7. The zero-order valence-corrected chi connectivity index (χ0v) is 8.95. The van der Waals surface area contributed by atoms with Crippen LogP contribution in [-0.4, -0.2) is 19.6 Å². The van der Waals surface area contributed by atoms with Crippen LogP contribution < -0.4 is 10.1 Å². The maximum Gasteiger partial charge on any atom is 0.255 e. The van der Waals surface area contributed by atoms with Crippen LogP contribution in [0.2, 0.25) is 0 Å². The van der Waals surface area contributed by atoms with Crippen LogP contribution >= 0.6 is 0 Å². The molecule has 15 heavy (non-hydrogen) atoms. The van der Waals surface area contributed by atoms with Gasteiger partial charge in [-0.05, 0) is 18.6 Å². The first kappa shape index (κ1) is 11.6. The van der Waals surface area contributed by atoms with Crippen molar-refractivity contribution in [1.82, 2.24) is 5.32 Å². The van der Waals surface area contributed by atoms with Gasteiger partial charge in [0.1, 0.15) is 5.75 Å². The minimum absolute atomic E-state index is 0.0964. The zero-order valence-electron chi connectivity index (χ0n) is 8.95. The van der Waals surface area contributed by atoms with E-state index in [1.807, 2.05) is 12.1 Å². The molecule has 0 unspecified atom stereocenters. The number of amides is 1. The fraction of sp³-hybridized carbons (Fsp3) is 0.333. The van der Waals surface area contributed by atoms with E-state index >= 15 is 0 Å². The van der Waals surface area contributed by atoms with Crippen molar-refractivity contribution in [1.29, 1.82) is 0 Å². The first-order valence-electron chi connectivity index (χ1n) is 5.00. The highest BCUT2D eigenvalue weighted by atomic mass is 16.5. The van der Waals surface area contributed by atoms with E-state index in [9.17, 15) is 4.79 Å². The number of methoxy groups -OCH3 is 1.